The Labute approximate surface area is 158 Å². The van der Waals surface area contributed by atoms with E-state index in [4.69, 9.17) is 14.9 Å². The molecule has 0 bridgehead atoms. The Balaban J connectivity index is 1.76. The zero-order valence-corrected chi connectivity index (χ0v) is 15.0. The number of benzene rings is 2. The number of nitrogens with one attached hydrogen (secondary N) is 2. The molecule has 1 heterocycles. The lowest BCUT2D eigenvalue weighted by Crippen LogP contribution is -2.18. The van der Waals surface area contributed by atoms with Crippen LogP contribution in [-0.2, 0) is 11.4 Å². The van der Waals surface area contributed by atoms with E-state index >= 15 is 0 Å². The number of carbonyl (C=O) groups excluding carboxylic acids is 1. The normalized spacial score (nSPS) is 14.9. The smallest absolute Gasteiger partial charge is 0.269 e. The SMILES string of the molecule is COc1cc(/C=C2/SC(=N)NC2=O)ccc1OCc1cccc([N+](=O)[O-])c1. The van der Waals surface area contributed by atoms with Crippen molar-refractivity contribution in [3.05, 3.63) is 68.6 Å². The van der Waals surface area contributed by atoms with Crippen molar-refractivity contribution in [2.75, 3.05) is 7.11 Å². The first-order valence-electron chi connectivity index (χ1n) is 7.80. The summed E-state index contributed by atoms with van der Waals surface area (Å²) in [5, 5.41) is 20.8. The number of nitro benzene ring substituents is 1. The van der Waals surface area contributed by atoms with E-state index in [1.807, 2.05) is 0 Å². The summed E-state index contributed by atoms with van der Waals surface area (Å²) >= 11 is 1.05. The van der Waals surface area contributed by atoms with E-state index in [-0.39, 0.29) is 23.4 Å². The molecule has 1 aliphatic rings. The van der Waals surface area contributed by atoms with Crippen molar-refractivity contribution >= 4 is 34.6 Å². The molecular weight excluding hydrogens is 370 g/mol. The van der Waals surface area contributed by atoms with E-state index in [1.54, 1.807) is 36.4 Å². The summed E-state index contributed by atoms with van der Waals surface area (Å²) < 4.78 is 11.1. The molecule has 138 valence electrons. The molecule has 9 heteroatoms. The summed E-state index contributed by atoms with van der Waals surface area (Å²) in [6.45, 7) is 0.147. The lowest BCUT2D eigenvalue weighted by atomic mass is 10.1. The summed E-state index contributed by atoms with van der Waals surface area (Å²) in [5.74, 6) is 0.630. The molecule has 0 saturated carbocycles. The fourth-order valence-corrected chi connectivity index (χ4v) is 3.11. The number of amides is 1. The summed E-state index contributed by atoms with van der Waals surface area (Å²) in [5.41, 5.74) is 1.39. The van der Waals surface area contributed by atoms with Gasteiger partial charge < -0.3 is 14.8 Å². The van der Waals surface area contributed by atoms with Gasteiger partial charge in [-0.25, -0.2) is 0 Å². The topological polar surface area (TPSA) is 115 Å². The number of nitro groups is 1. The fraction of sp³-hybridized carbons (Fsp3) is 0.111. The quantitative estimate of drug-likeness (QED) is 0.448. The number of hydrogen-bond donors (Lipinski definition) is 2. The molecule has 2 aromatic carbocycles. The van der Waals surface area contributed by atoms with Crippen LogP contribution >= 0.6 is 11.8 Å². The first-order chi connectivity index (χ1) is 13.0. The molecule has 27 heavy (non-hydrogen) atoms. The van der Waals surface area contributed by atoms with E-state index in [9.17, 15) is 14.9 Å². The van der Waals surface area contributed by atoms with Gasteiger partial charge in [-0.2, -0.15) is 0 Å². The molecule has 8 nitrogen and oxygen atoms in total. The first kappa shape index (κ1) is 18.5. The fourth-order valence-electron chi connectivity index (χ4n) is 2.41. The minimum Gasteiger partial charge on any atom is -0.493 e. The van der Waals surface area contributed by atoms with E-state index < -0.39 is 4.92 Å². The maximum Gasteiger partial charge on any atom is 0.269 e. The summed E-state index contributed by atoms with van der Waals surface area (Å²) in [7, 11) is 1.50. The molecular formula is C18H15N3O5S. The van der Waals surface area contributed by atoms with Crippen molar-refractivity contribution in [3.8, 4) is 11.5 Å². The van der Waals surface area contributed by atoms with E-state index in [0.717, 1.165) is 17.3 Å². The zero-order valence-electron chi connectivity index (χ0n) is 14.2. The van der Waals surface area contributed by atoms with Gasteiger partial charge in [0.05, 0.1) is 16.9 Å². The lowest BCUT2D eigenvalue weighted by molar-refractivity contribution is -0.384. The van der Waals surface area contributed by atoms with Crippen LogP contribution < -0.4 is 14.8 Å². The predicted octanol–water partition coefficient (Wildman–Crippen LogP) is 3.32. The average molecular weight is 385 g/mol. The third-order valence-corrected chi connectivity index (χ3v) is 4.49. The van der Waals surface area contributed by atoms with Crippen LogP contribution in [-0.4, -0.2) is 23.1 Å². The Bertz CT molecular complexity index is 958. The van der Waals surface area contributed by atoms with Gasteiger partial charge in [-0.1, -0.05) is 18.2 Å². The number of nitrogens with zero attached hydrogens (tertiary/aromatic N) is 1. The maximum absolute atomic E-state index is 11.7. The molecule has 1 fully saturated rings. The summed E-state index contributed by atoms with van der Waals surface area (Å²) in [6.07, 6.45) is 1.66. The first-order valence-corrected chi connectivity index (χ1v) is 8.61. The Kier molecular flexibility index (Phi) is 5.41. The maximum atomic E-state index is 11.7. The minimum atomic E-state index is -0.455. The molecule has 2 aromatic rings. The van der Waals surface area contributed by atoms with Crippen molar-refractivity contribution in [1.29, 1.82) is 5.41 Å². The van der Waals surface area contributed by atoms with Gasteiger partial charge in [-0.3, -0.25) is 20.3 Å². The molecule has 1 aliphatic heterocycles. The highest BCUT2D eigenvalue weighted by atomic mass is 32.2. The highest BCUT2D eigenvalue weighted by Gasteiger charge is 2.22. The van der Waals surface area contributed by atoms with Gasteiger partial charge in [0.25, 0.3) is 11.6 Å². The standard InChI is InChI=1S/C18H15N3O5S/c1-25-15-8-11(9-16-17(22)20-18(19)27-16)5-6-14(15)26-10-12-3-2-4-13(7-12)21(23)24/h2-9H,10H2,1H3,(H2,19,20,22)/b16-9+. The number of amidine groups is 1. The van der Waals surface area contributed by atoms with Crippen LogP contribution in [0.5, 0.6) is 11.5 Å². The number of thioether (sulfide) groups is 1. The van der Waals surface area contributed by atoms with Gasteiger partial charge in [0, 0.05) is 12.1 Å². The number of methoxy groups -OCH3 is 1. The third-order valence-electron chi connectivity index (χ3n) is 3.66. The summed E-state index contributed by atoms with van der Waals surface area (Å²) in [4.78, 5) is 22.5. The van der Waals surface area contributed by atoms with Crippen LogP contribution in [0.15, 0.2) is 47.4 Å². The van der Waals surface area contributed by atoms with E-state index in [1.165, 1.54) is 19.2 Å². The Morgan fingerprint density at radius 3 is 2.74 bits per heavy atom. The Morgan fingerprint density at radius 2 is 2.07 bits per heavy atom. The minimum absolute atomic E-state index is 0.00273. The van der Waals surface area contributed by atoms with E-state index in [0.29, 0.717) is 22.0 Å². The number of hydrogen-bond acceptors (Lipinski definition) is 7. The van der Waals surface area contributed by atoms with Gasteiger partial charge in [0.15, 0.2) is 16.7 Å². The number of carbonyl (C=O) groups is 1. The van der Waals surface area contributed by atoms with Crippen LogP contribution in [0.4, 0.5) is 5.69 Å². The molecule has 0 aliphatic carbocycles. The van der Waals surface area contributed by atoms with Crippen molar-refractivity contribution in [2.45, 2.75) is 6.61 Å². The molecule has 0 atom stereocenters. The third kappa shape index (κ3) is 4.45. The predicted molar refractivity (Wildman–Crippen MR) is 102 cm³/mol. The van der Waals surface area contributed by atoms with Crippen LogP contribution in [0.3, 0.4) is 0 Å². The van der Waals surface area contributed by atoms with Crippen LogP contribution in [0, 0.1) is 15.5 Å². The number of rotatable bonds is 6. The average Bonchev–Trinajstić information content (AvgIpc) is 2.97. The molecule has 0 radical (unpaired) electrons. The molecule has 1 saturated heterocycles. The second kappa shape index (κ2) is 7.92. The molecule has 3 rings (SSSR count). The zero-order chi connectivity index (χ0) is 19.4. The second-order valence-electron chi connectivity index (χ2n) is 5.52. The van der Waals surface area contributed by atoms with Crippen LogP contribution in [0.2, 0.25) is 0 Å². The Hall–Kier alpha value is -3.33. The van der Waals surface area contributed by atoms with Gasteiger partial charge in [0.1, 0.15) is 6.61 Å². The van der Waals surface area contributed by atoms with Crippen molar-refractivity contribution in [1.82, 2.24) is 5.32 Å². The van der Waals surface area contributed by atoms with Gasteiger partial charge in [0.2, 0.25) is 0 Å². The highest BCUT2D eigenvalue weighted by Crippen LogP contribution is 2.32. The van der Waals surface area contributed by atoms with Crippen LogP contribution in [0.1, 0.15) is 11.1 Å². The number of ether oxygens (including phenoxy) is 2. The molecule has 0 unspecified atom stereocenters. The van der Waals surface area contributed by atoms with Gasteiger partial charge in [-0.05, 0) is 41.1 Å². The molecule has 2 N–H and O–H groups in total. The van der Waals surface area contributed by atoms with Gasteiger partial charge in [-0.15, -0.1) is 0 Å². The monoisotopic (exact) mass is 385 g/mol. The van der Waals surface area contributed by atoms with E-state index in [2.05, 4.69) is 5.32 Å². The molecule has 1 amide bonds. The largest absolute Gasteiger partial charge is 0.493 e. The summed E-state index contributed by atoms with van der Waals surface area (Å²) in [6, 6.07) is 11.4. The van der Waals surface area contributed by atoms with Crippen LogP contribution in [0.25, 0.3) is 6.08 Å². The van der Waals surface area contributed by atoms with Crippen molar-refractivity contribution < 1.29 is 19.2 Å². The van der Waals surface area contributed by atoms with Crippen molar-refractivity contribution in [2.24, 2.45) is 0 Å². The number of non-ortho nitro benzene ring substituents is 1. The molecule has 0 spiro atoms. The molecule has 0 aromatic heterocycles. The highest BCUT2D eigenvalue weighted by molar-refractivity contribution is 8.18. The second-order valence-corrected chi connectivity index (χ2v) is 6.57. The van der Waals surface area contributed by atoms with Gasteiger partial charge >= 0.3 is 0 Å². The lowest BCUT2D eigenvalue weighted by Gasteiger charge is -2.11. The van der Waals surface area contributed by atoms with Crippen molar-refractivity contribution in [3.63, 3.8) is 0 Å². The Morgan fingerprint density at radius 1 is 1.26 bits per heavy atom.